The zero-order valence-corrected chi connectivity index (χ0v) is 15.2. The maximum atomic E-state index is 13.0. The molecule has 5 nitrogen and oxygen atoms in total. The number of hydrogen-bond acceptors (Lipinski definition) is 3. The predicted molar refractivity (Wildman–Crippen MR) is 102 cm³/mol. The first-order valence-corrected chi connectivity index (χ1v) is 8.96. The highest BCUT2D eigenvalue weighted by molar-refractivity contribution is 5.92. The summed E-state index contributed by atoms with van der Waals surface area (Å²) in [5.74, 6) is -0.0810. The lowest BCUT2D eigenvalue weighted by Gasteiger charge is -2.28. The molecule has 3 rings (SSSR count). The Bertz CT molecular complexity index is 829. The van der Waals surface area contributed by atoms with Crippen molar-refractivity contribution in [1.29, 1.82) is 0 Å². The van der Waals surface area contributed by atoms with Crippen molar-refractivity contribution in [2.75, 3.05) is 0 Å². The lowest BCUT2D eigenvalue weighted by atomic mass is 10.1. The van der Waals surface area contributed by atoms with Gasteiger partial charge in [0.05, 0.1) is 12.7 Å². The van der Waals surface area contributed by atoms with Crippen molar-refractivity contribution in [1.82, 2.24) is 19.9 Å². The topological polar surface area (TPSA) is 51.0 Å². The summed E-state index contributed by atoms with van der Waals surface area (Å²) in [6.45, 7) is 5.32. The average molecular weight is 348 g/mol. The van der Waals surface area contributed by atoms with Gasteiger partial charge in [0.1, 0.15) is 0 Å². The summed E-state index contributed by atoms with van der Waals surface area (Å²) in [6, 6.07) is 20.2. The first-order chi connectivity index (χ1) is 12.7. The van der Waals surface area contributed by atoms with Gasteiger partial charge in [0.15, 0.2) is 5.69 Å². The average Bonchev–Trinajstić information content (AvgIpc) is 3.15. The Balaban J connectivity index is 1.76. The summed E-state index contributed by atoms with van der Waals surface area (Å²) in [5.41, 5.74) is 2.62. The van der Waals surface area contributed by atoms with Crippen molar-refractivity contribution in [3.63, 3.8) is 0 Å². The van der Waals surface area contributed by atoms with E-state index in [4.69, 9.17) is 0 Å². The highest BCUT2D eigenvalue weighted by atomic mass is 16.2. The van der Waals surface area contributed by atoms with E-state index in [1.54, 1.807) is 10.9 Å². The number of aromatic nitrogens is 3. The van der Waals surface area contributed by atoms with E-state index in [0.717, 1.165) is 17.5 Å². The van der Waals surface area contributed by atoms with Gasteiger partial charge in [-0.1, -0.05) is 72.8 Å². The fourth-order valence-corrected chi connectivity index (χ4v) is 2.82. The van der Waals surface area contributed by atoms with Crippen LogP contribution >= 0.6 is 0 Å². The summed E-state index contributed by atoms with van der Waals surface area (Å²) in [5, 5.41) is 8.24. The van der Waals surface area contributed by atoms with Gasteiger partial charge in [0.25, 0.3) is 5.91 Å². The maximum absolute atomic E-state index is 13.0. The minimum absolute atomic E-state index is 0.0810. The van der Waals surface area contributed by atoms with Crippen LogP contribution in [0.3, 0.4) is 0 Å². The van der Waals surface area contributed by atoms with E-state index in [0.29, 0.717) is 18.8 Å². The zero-order chi connectivity index (χ0) is 18.4. The third-order valence-corrected chi connectivity index (χ3v) is 4.52. The number of nitrogens with zero attached hydrogens (tertiary/aromatic N) is 4. The van der Waals surface area contributed by atoms with Crippen LogP contribution in [0, 0.1) is 0 Å². The number of benzene rings is 2. The van der Waals surface area contributed by atoms with E-state index in [1.807, 2.05) is 65.6 Å². The second kappa shape index (κ2) is 8.43. The van der Waals surface area contributed by atoms with Gasteiger partial charge in [-0.25, -0.2) is 4.68 Å². The first kappa shape index (κ1) is 17.9. The molecule has 1 aromatic heterocycles. The molecule has 26 heavy (non-hydrogen) atoms. The highest BCUT2D eigenvalue weighted by Crippen LogP contribution is 2.14. The minimum Gasteiger partial charge on any atom is -0.330 e. The van der Waals surface area contributed by atoms with Crippen LogP contribution in [0.15, 0.2) is 66.9 Å². The third kappa shape index (κ3) is 4.36. The molecular formula is C21H24N4O. The fraction of sp³-hybridized carbons (Fsp3) is 0.286. The molecule has 3 aromatic rings. The second-order valence-corrected chi connectivity index (χ2v) is 6.46. The van der Waals surface area contributed by atoms with Crippen LogP contribution in [0.1, 0.15) is 41.9 Å². The quantitative estimate of drug-likeness (QED) is 0.653. The van der Waals surface area contributed by atoms with Gasteiger partial charge in [0.2, 0.25) is 0 Å². The number of hydrogen-bond donors (Lipinski definition) is 0. The Kier molecular flexibility index (Phi) is 5.79. The molecule has 2 aromatic carbocycles. The van der Waals surface area contributed by atoms with Crippen molar-refractivity contribution in [3.8, 4) is 0 Å². The van der Waals surface area contributed by atoms with Gasteiger partial charge in [-0.15, -0.1) is 5.10 Å². The molecule has 0 saturated heterocycles. The number of carbonyl (C=O) groups is 1. The van der Waals surface area contributed by atoms with Gasteiger partial charge >= 0.3 is 0 Å². The maximum Gasteiger partial charge on any atom is 0.276 e. The highest BCUT2D eigenvalue weighted by Gasteiger charge is 2.23. The molecule has 0 aliphatic heterocycles. The Morgan fingerprint density at radius 3 is 2.27 bits per heavy atom. The monoisotopic (exact) mass is 348 g/mol. The SMILES string of the molecule is CCC(C)N(Cc1ccccc1)C(=O)c1cn(Cc2ccccc2)nn1. The molecular weight excluding hydrogens is 324 g/mol. The summed E-state index contributed by atoms with van der Waals surface area (Å²) >= 11 is 0. The molecule has 0 aliphatic rings. The van der Waals surface area contributed by atoms with Crippen molar-refractivity contribution in [2.45, 2.75) is 39.4 Å². The van der Waals surface area contributed by atoms with E-state index in [2.05, 4.69) is 24.2 Å². The zero-order valence-electron chi connectivity index (χ0n) is 15.2. The third-order valence-electron chi connectivity index (χ3n) is 4.52. The van der Waals surface area contributed by atoms with E-state index >= 15 is 0 Å². The molecule has 0 aliphatic carbocycles. The minimum atomic E-state index is -0.0810. The predicted octanol–water partition coefficient (Wildman–Crippen LogP) is 3.77. The molecule has 1 unspecified atom stereocenters. The fourth-order valence-electron chi connectivity index (χ4n) is 2.82. The van der Waals surface area contributed by atoms with Crippen LogP contribution in [-0.4, -0.2) is 31.8 Å². The molecule has 0 fully saturated rings. The standard InChI is InChI=1S/C21H24N4O/c1-3-17(2)25(15-19-12-8-5-9-13-19)21(26)20-16-24(23-22-20)14-18-10-6-4-7-11-18/h4-13,16-17H,3,14-15H2,1-2H3. The number of amides is 1. The number of carbonyl (C=O) groups excluding carboxylic acids is 1. The van der Waals surface area contributed by atoms with Crippen LogP contribution in [0.4, 0.5) is 0 Å². The van der Waals surface area contributed by atoms with Crippen molar-refractivity contribution < 1.29 is 4.79 Å². The molecule has 1 heterocycles. The first-order valence-electron chi connectivity index (χ1n) is 8.96. The van der Waals surface area contributed by atoms with Crippen molar-refractivity contribution in [2.24, 2.45) is 0 Å². The second-order valence-electron chi connectivity index (χ2n) is 6.46. The van der Waals surface area contributed by atoms with Gasteiger partial charge in [-0.3, -0.25) is 4.79 Å². The van der Waals surface area contributed by atoms with Crippen LogP contribution in [-0.2, 0) is 13.1 Å². The normalized spacial score (nSPS) is 11.9. The van der Waals surface area contributed by atoms with Crippen LogP contribution < -0.4 is 0 Å². The van der Waals surface area contributed by atoms with E-state index in [-0.39, 0.29) is 11.9 Å². The van der Waals surface area contributed by atoms with Crippen LogP contribution in [0.2, 0.25) is 0 Å². The number of rotatable bonds is 7. The Hall–Kier alpha value is -2.95. The van der Waals surface area contributed by atoms with E-state index in [1.165, 1.54) is 0 Å². The lowest BCUT2D eigenvalue weighted by molar-refractivity contribution is 0.0665. The van der Waals surface area contributed by atoms with Crippen molar-refractivity contribution >= 4 is 5.91 Å². The molecule has 1 amide bonds. The smallest absolute Gasteiger partial charge is 0.276 e. The van der Waals surface area contributed by atoms with E-state index < -0.39 is 0 Å². The molecule has 0 radical (unpaired) electrons. The summed E-state index contributed by atoms with van der Waals surface area (Å²) in [6.07, 6.45) is 2.62. The Morgan fingerprint density at radius 1 is 1.04 bits per heavy atom. The van der Waals surface area contributed by atoms with Crippen LogP contribution in [0.25, 0.3) is 0 Å². The van der Waals surface area contributed by atoms with E-state index in [9.17, 15) is 4.79 Å². The lowest BCUT2D eigenvalue weighted by Crippen LogP contribution is -2.38. The molecule has 0 bridgehead atoms. The summed E-state index contributed by atoms with van der Waals surface area (Å²) in [7, 11) is 0. The van der Waals surface area contributed by atoms with Crippen LogP contribution in [0.5, 0.6) is 0 Å². The van der Waals surface area contributed by atoms with Gasteiger partial charge in [-0.05, 0) is 24.5 Å². The van der Waals surface area contributed by atoms with Crippen molar-refractivity contribution in [3.05, 3.63) is 83.7 Å². The Labute approximate surface area is 154 Å². The molecule has 1 atom stereocenters. The Morgan fingerprint density at radius 2 is 1.65 bits per heavy atom. The summed E-state index contributed by atoms with van der Waals surface area (Å²) < 4.78 is 1.71. The van der Waals surface area contributed by atoms with Gasteiger partial charge in [-0.2, -0.15) is 0 Å². The molecule has 0 N–H and O–H groups in total. The molecule has 134 valence electrons. The molecule has 0 saturated carbocycles. The van der Waals surface area contributed by atoms with Gasteiger partial charge < -0.3 is 4.90 Å². The molecule has 5 heteroatoms. The summed E-state index contributed by atoms with van der Waals surface area (Å²) in [4.78, 5) is 14.9. The largest absolute Gasteiger partial charge is 0.330 e. The van der Waals surface area contributed by atoms with Gasteiger partial charge in [0, 0.05) is 12.6 Å². The molecule has 0 spiro atoms.